The van der Waals surface area contributed by atoms with Crippen LogP contribution in [0.4, 0.5) is 10.8 Å². The fraction of sp³-hybridized carbons (Fsp3) is 0. The second kappa shape index (κ2) is 4.01. The molecular weight excluding hydrogens is 214 g/mol. The fourth-order valence-electron chi connectivity index (χ4n) is 0.948. The van der Waals surface area contributed by atoms with E-state index < -0.39 is 0 Å². The number of aromatic nitrogens is 3. The SMILES string of the molecule is Nc1nnc(C(=O)Nc2cccnc2)s1. The lowest BCUT2D eigenvalue weighted by molar-refractivity contribution is 0.102. The van der Waals surface area contributed by atoms with Gasteiger partial charge in [-0.15, -0.1) is 10.2 Å². The molecule has 0 bridgehead atoms. The number of hydrogen-bond donors (Lipinski definition) is 2. The van der Waals surface area contributed by atoms with Crippen molar-refractivity contribution in [2.24, 2.45) is 0 Å². The van der Waals surface area contributed by atoms with Gasteiger partial charge in [-0.3, -0.25) is 9.78 Å². The summed E-state index contributed by atoms with van der Waals surface area (Å²) >= 11 is 1.04. The zero-order chi connectivity index (χ0) is 10.7. The number of carbonyl (C=O) groups is 1. The molecule has 0 spiro atoms. The van der Waals surface area contributed by atoms with Crippen LogP contribution < -0.4 is 11.1 Å². The Bertz CT molecular complexity index is 469. The zero-order valence-electron chi connectivity index (χ0n) is 7.54. The maximum Gasteiger partial charge on any atom is 0.286 e. The first-order valence-electron chi connectivity index (χ1n) is 4.06. The number of nitrogens with zero attached hydrogens (tertiary/aromatic N) is 3. The number of nitrogen functional groups attached to an aromatic ring is 1. The number of carbonyl (C=O) groups excluding carboxylic acids is 1. The summed E-state index contributed by atoms with van der Waals surface area (Å²) in [6.07, 6.45) is 3.17. The second-order valence-corrected chi connectivity index (χ2v) is 3.65. The van der Waals surface area contributed by atoms with E-state index in [-0.39, 0.29) is 16.0 Å². The van der Waals surface area contributed by atoms with E-state index in [9.17, 15) is 4.79 Å². The van der Waals surface area contributed by atoms with Crippen molar-refractivity contribution in [3.8, 4) is 0 Å². The predicted octanol–water partition coefficient (Wildman–Crippen LogP) is 0.768. The summed E-state index contributed by atoms with van der Waals surface area (Å²) < 4.78 is 0. The Labute approximate surface area is 89.2 Å². The number of rotatable bonds is 2. The molecule has 2 aromatic rings. The molecule has 76 valence electrons. The van der Waals surface area contributed by atoms with Crippen LogP contribution in [0.5, 0.6) is 0 Å². The summed E-state index contributed by atoms with van der Waals surface area (Å²) in [4.78, 5) is 15.4. The lowest BCUT2D eigenvalue weighted by Crippen LogP contribution is -2.11. The molecule has 2 heterocycles. The minimum absolute atomic E-state index is 0.233. The van der Waals surface area contributed by atoms with Gasteiger partial charge in [0, 0.05) is 6.20 Å². The average molecular weight is 221 g/mol. The van der Waals surface area contributed by atoms with Crippen molar-refractivity contribution < 1.29 is 4.79 Å². The molecule has 7 heteroatoms. The molecule has 0 aliphatic rings. The molecule has 0 fully saturated rings. The Morgan fingerprint density at radius 1 is 1.47 bits per heavy atom. The quantitative estimate of drug-likeness (QED) is 0.781. The van der Waals surface area contributed by atoms with E-state index >= 15 is 0 Å². The highest BCUT2D eigenvalue weighted by atomic mass is 32.1. The van der Waals surface area contributed by atoms with E-state index in [4.69, 9.17) is 5.73 Å². The van der Waals surface area contributed by atoms with Crippen molar-refractivity contribution in [2.75, 3.05) is 11.1 Å². The highest BCUT2D eigenvalue weighted by molar-refractivity contribution is 7.16. The van der Waals surface area contributed by atoms with Crippen molar-refractivity contribution in [3.05, 3.63) is 29.5 Å². The van der Waals surface area contributed by atoms with Gasteiger partial charge >= 0.3 is 0 Å². The highest BCUT2D eigenvalue weighted by Crippen LogP contribution is 2.13. The predicted molar refractivity (Wildman–Crippen MR) is 56.5 cm³/mol. The number of pyridine rings is 1. The van der Waals surface area contributed by atoms with E-state index in [0.29, 0.717) is 5.69 Å². The molecule has 15 heavy (non-hydrogen) atoms. The van der Waals surface area contributed by atoms with Crippen molar-refractivity contribution in [2.45, 2.75) is 0 Å². The van der Waals surface area contributed by atoms with Crippen molar-refractivity contribution in [3.63, 3.8) is 0 Å². The molecule has 2 rings (SSSR count). The summed E-state index contributed by atoms with van der Waals surface area (Å²) in [5.41, 5.74) is 5.97. The normalized spacial score (nSPS) is 9.87. The monoisotopic (exact) mass is 221 g/mol. The first kappa shape index (κ1) is 9.53. The van der Waals surface area contributed by atoms with Gasteiger partial charge in [0.05, 0.1) is 11.9 Å². The van der Waals surface area contributed by atoms with Gasteiger partial charge in [-0.2, -0.15) is 0 Å². The van der Waals surface area contributed by atoms with Gasteiger partial charge < -0.3 is 11.1 Å². The smallest absolute Gasteiger partial charge is 0.286 e. The van der Waals surface area contributed by atoms with Gasteiger partial charge in [-0.1, -0.05) is 11.3 Å². The Hall–Kier alpha value is -2.02. The first-order valence-corrected chi connectivity index (χ1v) is 4.88. The first-order chi connectivity index (χ1) is 7.25. The molecule has 0 unspecified atom stereocenters. The molecule has 0 saturated carbocycles. The van der Waals surface area contributed by atoms with Crippen LogP contribution in [0, 0.1) is 0 Å². The van der Waals surface area contributed by atoms with Gasteiger partial charge in [0.1, 0.15) is 0 Å². The number of hydrogen-bond acceptors (Lipinski definition) is 6. The Kier molecular flexibility index (Phi) is 2.55. The van der Waals surface area contributed by atoms with E-state index in [1.165, 1.54) is 0 Å². The standard InChI is InChI=1S/C8H7N5OS/c9-8-13-12-7(15-8)6(14)11-5-2-1-3-10-4-5/h1-4H,(H2,9,13)(H,11,14). The minimum Gasteiger partial charge on any atom is -0.374 e. The van der Waals surface area contributed by atoms with Crippen LogP contribution in [0.1, 0.15) is 9.80 Å². The molecule has 0 saturated heterocycles. The summed E-state index contributed by atoms with van der Waals surface area (Å²) in [6, 6.07) is 3.46. The Morgan fingerprint density at radius 2 is 2.33 bits per heavy atom. The molecule has 0 aromatic carbocycles. The summed E-state index contributed by atoms with van der Waals surface area (Å²) in [5.74, 6) is -0.336. The van der Waals surface area contributed by atoms with E-state index in [1.54, 1.807) is 24.5 Å². The van der Waals surface area contributed by atoms with Crippen LogP contribution in [0.25, 0.3) is 0 Å². The molecule has 0 radical (unpaired) electrons. The lowest BCUT2D eigenvalue weighted by atomic mass is 10.4. The van der Waals surface area contributed by atoms with Crippen LogP contribution >= 0.6 is 11.3 Å². The third-order valence-electron chi connectivity index (χ3n) is 1.55. The van der Waals surface area contributed by atoms with Crippen molar-refractivity contribution in [1.29, 1.82) is 0 Å². The molecule has 3 N–H and O–H groups in total. The fourth-order valence-corrected chi connectivity index (χ4v) is 1.45. The third-order valence-corrected chi connectivity index (χ3v) is 2.31. The van der Waals surface area contributed by atoms with E-state index in [1.807, 2.05) is 0 Å². The van der Waals surface area contributed by atoms with Crippen LogP contribution in [0.3, 0.4) is 0 Å². The van der Waals surface area contributed by atoms with E-state index in [0.717, 1.165) is 11.3 Å². The topological polar surface area (TPSA) is 93.8 Å². The van der Waals surface area contributed by atoms with Crippen LogP contribution in [0.2, 0.25) is 0 Å². The van der Waals surface area contributed by atoms with Gasteiger partial charge in [-0.05, 0) is 12.1 Å². The Balaban J connectivity index is 2.11. The molecule has 1 amide bonds. The van der Waals surface area contributed by atoms with Gasteiger partial charge in [-0.25, -0.2) is 0 Å². The van der Waals surface area contributed by atoms with Crippen molar-refractivity contribution in [1.82, 2.24) is 15.2 Å². The van der Waals surface area contributed by atoms with E-state index in [2.05, 4.69) is 20.5 Å². The van der Waals surface area contributed by atoms with Gasteiger partial charge in [0.2, 0.25) is 10.1 Å². The number of amides is 1. The lowest BCUT2D eigenvalue weighted by Gasteiger charge is -1.99. The number of nitrogens with one attached hydrogen (secondary N) is 1. The van der Waals surface area contributed by atoms with Gasteiger partial charge in [0.15, 0.2) is 0 Å². The maximum absolute atomic E-state index is 11.5. The average Bonchev–Trinajstić information content (AvgIpc) is 2.66. The number of anilines is 2. The van der Waals surface area contributed by atoms with Crippen LogP contribution in [-0.2, 0) is 0 Å². The summed E-state index contributed by atoms with van der Waals surface area (Å²) in [6.45, 7) is 0. The molecule has 0 aliphatic carbocycles. The minimum atomic E-state index is -0.336. The second-order valence-electron chi connectivity index (χ2n) is 2.64. The van der Waals surface area contributed by atoms with Crippen LogP contribution in [0.15, 0.2) is 24.5 Å². The molecular formula is C8H7N5OS. The highest BCUT2D eigenvalue weighted by Gasteiger charge is 2.11. The molecule has 2 aromatic heterocycles. The molecule has 0 atom stereocenters. The Morgan fingerprint density at radius 3 is 2.93 bits per heavy atom. The summed E-state index contributed by atoms with van der Waals surface area (Å²) in [5, 5.41) is 10.3. The summed E-state index contributed by atoms with van der Waals surface area (Å²) in [7, 11) is 0. The van der Waals surface area contributed by atoms with Gasteiger partial charge in [0.25, 0.3) is 5.91 Å². The third kappa shape index (κ3) is 2.26. The number of nitrogens with two attached hydrogens (primary N) is 1. The van der Waals surface area contributed by atoms with Crippen LogP contribution in [-0.4, -0.2) is 21.1 Å². The maximum atomic E-state index is 11.5. The molecule has 0 aliphatic heterocycles. The zero-order valence-corrected chi connectivity index (χ0v) is 8.36. The largest absolute Gasteiger partial charge is 0.374 e. The van der Waals surface area contributed by atoms with Crippen molar-refractivity contribution >= 4 is 28.1 Å². The molecule has 6 nitrogen and oxygen atoms in total.